The average molecular weight is 142 g/mol. The fourth-order valence-corrected chi connectivity index (χ4v) is 0.361. The molecule has 0 saturated heterocycles. The van der Waals surface area contributed by atoms with Crippen molar-refractivity contribution in [3.8, 4) is 0 Å². The van der Waals surface area contributed by atoms with Gasteiger partial charge in [0.05, 0.1) is 0 Å². The van der Waals surface area contributed by atoms with E-state index in [1.54, 1.807) is 0 Å². The van der Waals surface area contributed by atoms with Gasteiger partial charge in [-0.15, -0.1) is 0 Å². The Morgan fingerprint density at radius 3 is 2.80 bits per heavy atom. The van der Waals surface area contributed by atoms with Crippen molar-refractivity contribution in [1.82, 2.24) is 0 Å². The molecule has 1 N–H and O–H groups in total. The maximum absolute atomic E-state index is 10.4. The number of ether oxygens (including phenoxy) is 1. The predicted octanol–water partition coefficient (Wildman–Crippen LogP) is 1.52. The van der Waals surface area contributed by atoms with Crippen LogP contribution in [0.3, 0.4) is 0 Å². The summed E-state index contributed by atoms with van der Waals surface area (Å²) < 4.78 is 4.30. The lowest BCUT2D eigenvalue weighted by Gasteiger charge is -1.96. The van der Waals surface area contributed by atoms with Crippen LogP contribution in [0, 0.1) is 0 Å². The summed E-state index contributed by atoms with van der Waals surface area (Å²) in [7, 11) is 0. The number of rotatable bonds is 3. The Hall–Kier alpha value is -1.25. The number of carbonyl (C=O) groups excluding carboxylic acids is 1. The lowest BCUT2D eigenvalue weighted by Crippen LogP contribution is -1.98. The number of hydrogen-bond acceptors (Lipinski definition) is 3. The van der Waals surface area contributed by atoms with Crippen LogP contribution in [0.25, 0.3) is 0 Å². The number of carbonyl (C=O) groups is 1. The molecule has 0 amide bonds. The van der Waals surface area contributed by atoms with Gasteiger partial charge in [0.15, 0.2) is 0 Å². The molecule has 0 aromatic heterocycles. The molecule has 0 aliphatic carbocycles. The number of esters is 1. The third-order valence-electron chi connectivity index (χ3n) is 0.751. The molecule has 0 rings (SSSR count). The van der Waals surface area contributed by atoms with E-state index < -0.39 is 5.97 Å². The molecule has 0 aromatic rings. The summed E-state index contributed by atoms with van der Waals surface area (Å²) in [6.45, 7) is 4.98. The van der Waals surface area contributed by atoms with Crippen LogP contribution in [0.5, 0.6) is 0 Å². The molecular formula is C7H10O3. The summed E-state index contributed by atoms with van der Waals surface area (Å²) >= 11 is 0. The van der Waals surface area contributed by atoms with Crippen molar-refractivity contribution in [3.63, 3.8) is 0 Å². The highest BCUT2D eigenvalue weighted by molar-refractivity contribution is 5.81. The van der Waals surface area contributed by atoms with Gasteiger partial charge in [-0.1, -0.05) is 13.5 Å². The molecule has 0 fully saturated rings. The molecule has 0 bridgehead atoms. The van der Waals surface area contributed by atoms with Crippen LogP contribution in [-0.2, 0) is 9.53 Å². The van der Waals surface area contributed by atoms with Crippen molar-refractivity contribution in [2.45, 2.75) is 13.3 Å². The maximum atomic E-state index is 10.4. The fraction of sp³-hybridized carbons (Fsp3) is 0.286. The first-order chi connectivity index (χ1) is 4.70. The van der Waals surface area contributed by atoms with Crippen molar-refractivity contribution in [2.75, 3.05) is 0 Å². The Bertz CT molecular complexity index is 158. The topological polar surface area (TPSA) is 46.5 Å². The summed E-state index contributed by atoms with van der Waals surface area (Å²) in [4.78, 5) is 10.4. The van der Waals surface area contributed by atoms with Crippen LogP contribution in [0.4, 0.5) is 0 Å². The van der Waals surface area contributed by atoms with Crippen LogP contribution in [0.1, 0.15) is 13.3 Å². The van der Waals surface area contributed by atoms with Crippen molar-refractivity contribution >= 4 is 5.97 Å². The molecule has 56 valence electrons. The lowest BCUT2D eigenvalue weighted by molar-refractivity contribution is -0.137. The fourth-order valence-electron chi connectivity index (χ4n) is 0.361. The number of aliphatic hydroxyl groups is 1. The van der Waals surface area contributed by atoms with E-state index in [0.29, 0.717) is 6.42 Å². The van der Waals surface area contributed by atoms with E-state index in [-0.39, 0.29) is 5.95 Å². The van der Waals surface area contributed by atoms with E-state index in [0.717, 1.165) is 6.08 Å². The van der Waals surface area contributed by atoms with E-state index in [9.17, 15) is 4.79 Å². The molecule has 0 atom stereocenters. The Morgan fingerprint density at radius 2 is 2.40 bits per heavy atom. The number of hydrogen-bond donors (Lipinski definition) is 1. The van der Waals surface area contributed by atoms with Gasteiger partial charge in [-0.05, 0) is 12.5 Å². The highest BCUT2D eigenvalue weighted by Crippen LogP contribution is 1.94. The third-order valence-corrected chi connectivity index (χ3v) is 0.751. The van der Waals surface area contributed by atoms with E-state index in [1.807, 2.05) is 6.92 Å². The van der Waals surface area contributed by atoms with Crippen LogP contribution >= 0.6 is 0 Å². The molecule has 0 saturated carbocycles. The Morgan fingerprint density at radius 1 is 1.80 bits per heavy atom. The van der Waals surface area contributed by atoms with Gasteiger partial charge in [0, 0.05) is 6.08 Å². The molecule has 0 aliphatic heterocycles. The largest absolute Gasteiger partial charge is 0.481 e. The van der Waals surface area contributed by atoms with Gasteiger partial charge in [-0.3, -0.25) is 0 Å². The highest BCUT2D eigenvalue weighted by atomic mass is 16.6. The van der Waals surface area contributed by atoms with Crippen molar-refractivity contribution in [1.29, 1.82) is 0 Å². The predicted molar refractivity (Wildman–Crippen MR) is 37.3 cm³/mol. The van der Waals surface area contributed by atoms with Crippen molar-refractivity contribution in [2.24, 2.45) is 0 Å². The SMILES string of the molecule is C=CC(=O)OC(O)=CCC. The normalized spacial score (nSPS) is 10.7. The second kappa shape index (κ2) is 4.61. The van der Waals surface area contributed by atoms with Gasteiger partial charge < -0.3 is 9.84 Å². The quantitative estimate of drug-likeness (QED) is 0.369. The average Bonchev–Trinajstić information content (AvgIpc) is 1.88. The van der Waals surface area contributed by atoms with E-state index >= 15 is 0 Å². The van der Waals surface area contributed by atoms with Crippen LogP contribution in [0.15, 0.2) is 24.7 Å². The van der Waals surface area contributed by atoms with Crippen LogP contribution < -0.4 is 0 Å². The molecule has 0 aliphatic rings. The molecule has 0 unspecified atom stereocenters. The number of aliphatic hydroxyl groups excluding tert-OH is 1. The molecule has 3 nitrogen and oxygen atoms in total. The van der Waals surface area contributed by atoms with Gasteiger partial charge in [0.2, 0.25) is 0 Å². The van der Waals surface area contributed by atoms with E-state index in [4.69, 9.17) is 5.11 Å². The van der Waals surface area contributed by atoms with Crippen molar-refractivity contribution in [3.05, 3.63) is 24.7 Å². The first-order valence-electron chi connectivity index (χ1n) is 2.94. The zero-order chi connectivity index (χ0) is 7.98. The summed E-state index contributed by atoms with van der Waals surface area (Å²) in [6, 6.07) is 0. The smallest absolute Gasteiger partial charge is 0.337 e. The molecule has 0 radical (unpaired) electrons. The summed E-state index contributed by atoms with van der Waals surface area (Å²) in [6.07, 6.45) is 3.00. The third kappa shape index (κ3) is 3.72. The first-order valence-corrected chi connectivity index (χ1v) is 2.94. The van der Waals surface area contributed by atoms with Crippen molar-refractivity contribution < 1.29 is 14.6 Å². The first kappa shape index (κ1) is 8.75. The molecule has 0 spiro atoms. The Kier molecular flexibility index (Phi) is 4.04. The molecule has 10 heavy (non-hydrogen) atoms. The lowest BCUT2D eigenvalue weighted by atomic mass is 10.5. The van der Waals surface area contributed by atoms with Crippen LogP contribution in [0.2, 0.25) is 0 Å². The standard InChI is InChI=1S/C7H10O3/c1-3-5-7(9)10-6(8)4-2/h4-5,9H,2-3H2,1H3. The minimum atomic E-state index is -0.651. The summed E-state index contributed by atoms with van der Waals surface area (Å²) in [5, 5.41) is 8.72. The zero-order valence-corrected chi connectivity index (χ0v) is 5.83. The number of allylic oxidation sites excluding steroid dienone is 1. The van der Waals surface area contributed by atoms with E-state index in [1.165, 1.54) is 6.08 Å². The second-order valence-electron chi connectivity index (χ2n) is 1.58. The monoisotopic (exact) mass is 142 g/mol. The van der Waals surface area contributed by atoms with E-state index in [2.05, 4.69) is 11.3 Å². The minimum Gasteiger partial charge on any atom is -0.481 e. The Balaban J connectivity index is 3.78. The maximum Gasteiger partial charge on any atom is 0.337 e. The second-order valence-corrected chi connectivity index (χ2v) is 1.58. The molecule has 3 heteroatoms. The Labute approximate surface area is 59.6 Å². The van der Waals surface area contributed by atoms with Gasteiger partial charge in [-0.2, -0.15) is 0 Å². The van der Waals surface area contributed by atoms with Gasteiger partial charge >= 0.3 is 5.97 Å². The van der Waals surface area contributed by atoms with Gasteiger partial charge in [0.25, 0.3) is 5.95 Å². The minimum absolute atomic E-state index is 0.368. The van der Waals surface area contributed by atoms with Crippen LogP contribution in [-0.4, -0.2) is 11.1 Å². The zero-order valence-electron chi connectivity index (χ0n) is 5.83. The summed E-state index contributed by atoms with van der Waals surface area (Å²) in [5.74, 6) is -1.02. The molecule has 0 aromatic carbocycles. The molecule has 0 heterocycles. The van der Waals surface area contributed by atoms with Gasteiger partial charge in [-0.25, -0.2) is 4.79 Å². The highest BCUT2D eigenvalue weighted by Gasteiger charge is 1.97. The van der Waals surface area contributed by atoms with Gasteiger partial charge in [0.1, 0.15) is 0 Å². The summed E-state index contributed by atoms with van der Waals surface area (Å²) in [5.41, 5.74) is 0. The molecular weight excluding hydrogens is 132 g/mol.